The molecule has 0 spiro atoms. The molecule has 1 rings (SSSR count). The van der Waals surface area contributed by atoms with Crippen LogP contribution in [0.5, 0.6) is 0 Å². The zero-order valence-electron chi connectivity index (χ0n) is 12.0. The number of amides is 1. The van der Waals surface area contributed by atoms with Gasteiger partial charge in [-0.05, 0) is 32.9 Å². The first-order chi connectivity index (χ1) is 8.70. The molecule has 0 saturated carbocycles. The molecule has 1 amide bonds. The molecule has 19 heavy (non-hydrogen) atoms. The molecule has 0 unspecified atom stereocenters. The van der Waals surface area contributed by atoms with Crippen molar-refractivity contribution >= 4 is 17.7 Å². The molecule has 0 atom stereocenters. The largest absolute Gasteiger partial charge is 0.444 e. The number of carbonyl (C=O) groups is 2. The number of hydrogen-bond acceptors (Lipinski definition) is 4. The fraction of sp³-hybridized carbons (Fsp3) is 0.500. The van der Waals surface area contributed by atoms with E-state index < -0.39 is 11.7 Å². The highest BCUT2D eigenvalue weighted by molar-refractivity contribution is 6.03. The minimum Gasteiger partial charge on any atom is -0.444 e. The Morgan fingerprint density at radius 3 is 2.47 bits per heavy atom. The second-order valence-electron chi connectivity index (χ2n) is 5.55. The van der Waals surface area contributed by atoms with Crippen LogP contribution < -0.4 is 5.32 Å². The third-order valence-electron chi connectivity index (χ3n) is 2.22. The number of nitrogens with zero attached hydrogens (tertiary/aromatic N) is 1. The van der Waals surface area contributed by atoms with Gasteiger partial charge in [-0.1, -0.05) is 13.8 Å². The van der Waals surface area contributed by atoms with Gasteiger partial charge in [0.2, 0.25) is 0 Å². The Hall–Kier alpha value is -1.91. The summed E-state index contributed by atoms with van der Waals surface area (Å²) in [6.45, 7) is 8.90. The molecule has 5 heteroatoms. The molecule has 0 bridgehead atoms. The number of nitrogens with one attached hydrogen (secondary N) is 1. The molecule has 0 aliphatic heterocycles. The van der Waals surface area contributed by atoms with Gasteiger partial charge in [0.25, 0.3) is 0 Å². The number of carbonyl (C=O) groups excluding carboxylic acids is 2. The first-order valence-electron chi connectivity index (χ1n) is 6.20. The summed E-state index contributed by atoms with van der Waals surface area (Å²) in [6.07, 6.45) is 0.896. The summed E-state index contributed by atoms with van der Waals surface area (Å²) >= 11 is 0. The van der Waals surface area contributed by atoms with Crippen molar-refractivity contribution in [1.29, 1.82) is 0 Å². The third-order valence-corrected chi connectivity index (χ3v) is 2.22. The van der Waals surface area contributed by atoms with Crippen molar-refractivity contribution < 1.29 is 14.3 Å². The maximum atomic E-state index is 12.0. The van der Waals surface area contributed by atoms with Crippen LogP contribution >= 0.6 is 0 Å². The lowest BCUT2D eigenvalue weighted by atomic mass is 10.0. The van der Waals surface area contributed by atoms with Crippen molar-refractivity contribution in [2.75, 3.05) is 5.32 Å². The van der Waals surface area contributed by atoms with E-state index in [1.165, 1.54) is 6.20 Å². The Morgan fingerprint density at radius 1 is 1.32 bits per heavy atom. The maximum Gasteiger partial charge on any atom is 0.413 e. The van der Waals surface area contributed by atoms with Crippen LogP contribution in [0.2, 0.25) is 0 Å². The van der Waals surface area contributed by atoms with Crippen LogP contribution in [0.25, 0.3) is 0 Å². The molecule has 0 aromatic carbocycles. The molecule has 0 radical (unpaired) electrons. The topological polar surface area (TPSA) is 68.3 Å². The average molecular weight is 264 g/mol. The number of anilines is 1. The minimum atomic E-state index is -0.621. The average Bonchev–Trinajstić information content (AvgIpc) is 2.26. The summed E-state index contributed by atoms with van der Waals surface area (Å²) in [4.78, 5) is 27.7. The molecular weight excluding hydrogens is 244 g/mol. The standard InChI is InChI=1S/C14H20N2O3/c1-9(2)11(17)10-7-6-8-15-12(10)16-13(18)19-14(3,4)5/h6-9H,1-5H3,(H,15,16,18). The van der Waals surface area contributed by atoms with Gasteiger partial charge in [-0.2, -0.15) is 0 Å². The van der Waals surface area contributed by atoms with Crippen molar-refractivity contribution in [2.45, 2.75) is 40.2 Å². The predicted octanol–water partition coefficient (Wildman–Crippen LogP) is 3.27. The minimum absolute atomic E-state index is 0.0702. The fourth-order valence-electron chi connectivity index (χ4n) is 1.42. The molecule has 1 aromatic rings. The number of ketones is 1. The van der Waals surface area contributed by atoms with Crippen LogP contribution in [0.3, 0.4) is 0 Å². The molecule has 0 aliphatic rings. The number of aromatic nitrogens is 1. The molecule has 0 saturated heterocycles. The van der Waals surface area contributed by atoms with E-state index in [1.807, 2.05) is 0 Å². The van der Waals surface area contributed by atoms with Crippen molar-refractivity contribution in [1.82, 2.24) is 4.98 Å². The highest BCUT2D eigenvalue weighted by Crippen LogP contribution is 2.17. The van der Waals surface area contributed by atoms with E-state index in [2.05, 4.69) is 10.3 Å². The van der Waals surface area contributed by atoms with Gasteiger partial charge < -0.3 is 4.74 Å². The van der Waals surface area contributed by atoms with E-state index >= 15 is 0 Å². The van der Waals surface area contributed by atoms with Gasteiger partial charge in [0, 0.05) is 12.1 Å². The van der Waals surface area contributed by atoms with Crippen LogP contribution in [0.1, 0.15) is 45.0 Å². The zero-order chi connectivity index (χ0) is 14.6. The molecule has 1 N–H and O–H groups in total. The molecule has 0 fully saturated rings. The van der Waals surface area contributed by atoms with Crippen LogP contribution in [-0.2, 0) is 4.74 Å². The monoisotopic (exact) mass is 264 g/mol. The fourth-order valence-corrected chi connectivity index (χ4v) is 1.42. The maximum absolute atomic E-state index is 12.0. The summed E-state index contributed by atoms with van der Waals surface area (Å²) in [5.41, 5.74) is -0.204. The van der Waals surface area contributed by atoms with E-state index in [9.17, 15) is 9.59 Å². The van der Waals surface area contributed by atoms with Gasteiger partial charge in [-0.25, -0.2) is 9.78 Å². The molecule has 1 aromatic heterocycles. The summed E-state index contributed by atoms with van der Waals surface area (Å²) in [6, 6.07) is 3.30. The summed E-state index contributed by atoms with van der Waals surface area (Å²) in [7, 11) is 0. The van der Waals surface area contributed by atoms with Gasteiger partial charge in [0.1, 0.15) is 11.4 Å². The van der Waals surface area contributed by atoms with Crippen LogP contribution in [0.4, 0.5) is 10.6 Å². The van der Waals surface area contributed by atoms with Gasteiger partial charge >= 0.3 is 6.09 Å². The summed E-state index contributed by atoms with van der Waals surface area (Å²) in [5.74, 6) is -0.00186. The lowest BCUT2D eigenvalue weighted by molar-refractivity contribution is 0.0635. The first kappa shape index (κ1) is 15.1. The van der Waals surface area contributed by atoms with Crippen molar-refractivity contribution in [3.8, 4) is 0 Å². The Morgan fingerprint density at radius 2 is 1.95 bits per heavy atom. The highest BCUT2D eigenvalue weighted by atomic mass is 16.6. The molecule has 0 aliphatic carbocycles. The summed E-state index contributed by atoms with van der Waals surface area (Å²) < 4.78 is 5.14. The Balaban J connectivity index is 2.90. The van der Waals surface area contributed by atoms with Crippen molar-refractivity contribution in [2.24, 2.45) is 5.92 Å². The smallest absolute Gasteiger partial charge is 0.413 e. The predicted molar refractivity (Wildman–Crippen MR) is 73.3 cm³/mol. The normalized spacial score (nSPS) is 11.3. The van der Waals surface area contributed by atoms with Crippen molar-refractivity contribution in [3.63, 3.8) is 0 Å². The first-order valence-corrected chi connectivity index (χ1v) is 6.20. The molecule has 104 valence electrons. The van der Waals surface area contributed by atoms with E-state index in [-0.39, 0.29) is 17.5 Å². The van der Waals surface area contributed by atoms with E-state index in [4.69, 9.17) is 4.74 Å². The Labute approximate surface area is 113 Å². The lowest BCUT2D eigenvalue weighted by Gasteiger charge is -2.20. The van der Waals surface area contributed by atoms with Crippen molar-refractivity contribution in [3.05, 3.63) is 23.9 Å². The Bertz CT molecular complexity index is 476. The Kier molecular flexibility index (Phi) is 4.64. The molecule has 5 nitrogen and oxygen atoms in total. The quantitative estimate of drug-likeness (QED) is 0.851. The van der Waals surface area contributed by atoms with Crippen LogP contribution in [0, 0.1) is 5.92 Å². The number of ether oxygens (including phenoxy) is 1. The third kappa shape index (κ3) is 4.69. The van der Waals surface area contributed by atoms with E-state index in [0.717, 1.165) is 0 Å². The van der Waals surface area contributed by atoms with E-state index in [1.54, 1.807) is 46.8 Å². The van der Waals surface area contributed by atoms with Crippen LogP contribution in [-0.4, -0.2) is 22.5 Å². The van der Waals surface area contributed by atoms with Gasteiger partial charge in [0.05, 0.1) is 5.56 Å². The number of hydrogen-bond donors (Lipinski definition) is 1. The number of Topliss-reactive ketones (excluding diaryl/α,β-unsaturated/α-hetero) is 1. The second-order valence-corrected chi connectivity index (χ2v) is 5.55. The van der Waals surface area contributed by atoms with Gasteiger partial charge in [0.15, 0.2) is 5.78 Å². The second kappa shape index (κ2) is 5.82. The number of pyridine rings is 1. The highest BCUT2D eigenvalue weighted by Gasteiger charge is 2.20. The molecular formula is C14H20N2O3. The summed E-state index contributed by atoms with van der Waals surface area (Å²) in [5, 5.41) is 2.51. The SMILES string of the molecule is CC(C)C(=O)c1cccnc1NC(=O)OC(C)(C)C. The molecule has 1 heterocycles. The van der Waals surface area contributed by atoms with Gasteiger partial charge in [-0.15, -0.1) is 0 Å². The van der Waals surface area contributed by atoms with Crippen LogP contribution in [0.15, 0.2) is 18.3 Å². The van der Waals surface area contributed by atoms with Gasteiger partial charge in [-0.3, -0.25) is 10.1 Å². The lowest BCUT2D eigenvalue weighted by Crippen LogP contribution is -2.28. The number of rotatable bonds is 3. The van der Waals surface area contributed by atoms with E-state index in [0.29, 0.717) is 5.56 Å². The zero-order valence-corrected chi connectivity index (χ0v) is 12.0.